The van der Waals surface area contributed by atoms with E-state index < -0.39 is 0 Å². The van der Waals surface area contributed by atoms with Crippen LogP contribution in [0.4, 0.5) is 11.4 Å². The normalized spacial score (nSPS) is 13.7. The lowest BCUT2D eigenvalue weighted by Crippen LogP contribution is -2.20. The van der Waals surface area contributed by atoms with Crippen LogP contribution < -0.4 is 10.6 Å². The summed E-state index contributed by atoms with van der Waals surface area (Å²) >= 11 is 0. The molecule has 2 amide bonds. The molecular formula is C24H30N6O2. The highest BCUT2D eigenvalue weighted by atomic mass is 16.2. The van der Waals surface area contributed by atoms with Gasteiger partial charge in [0.2, 0.25) is 5.91 Å². The molecule has 2 aromatic heterocycles. The molecule has 0 unspecified atom stereocenters. The molecule has 0 aliphatic heterocycles. The molecule has 0 bridgehead atoms. The zero-order chi connectivity index (χ0) is 22.8. The van der Waals surface area contributed by atoms with E-state index in [1.807, 2.05) is 29.7 Å². The molecule has 32 heavy (non-hydrogen) atoms. The molecule has 3 aromatic rings. The number of rotatable bonds is 8. The Balaban J connectivity index is 1.51. The van der Waals surface area contributed by atoms with E-state index in [1.54, 1.807) is 30.5 Å². The number of amides is 2. The number of aromatic nitrogens is 3. The summed E-state index contributed by atoms with van der Waals surface area (Å²) in [5.41, 5.74) is 3.67. The fourth-order valence-corrected chi connectivity index (χ4v) is 3.58. The Bertz CT molecular complexity index is 1130. The molecule has 8 nitrogen and oxygen atoms in total. The first kappa shape index (κ1) is 22.0. The number of hydrogen-bond donors (Lipinski definition) is 2. The lowest BCUT2D eigenvalue weighted by molar-refractivity contribution is -0.116. The van der Waals surface area contributed by atoms with E-state index in [4.69, 9.17) is 4.98 Å². The van der Waals surface area contributed by atoms with Crippen LogP contribution in [0.3, 0.4) is 0 Å². The van der Waals surface area contributed by atoms with Gasteiger partial charge in [0, 0.05) is 42.0 Å². The summed E-state index contributed by atoms with van der Waals surface area (Å²) in [6.45, 7) is 4.80. The van der Waals surface area contributed by atoms with Gasteiger partial charge >= 0.3 is 0 Å². The quantitative estimate of drug-likeness (QED) is 0.558. The number of benzene rings is 1. The van der Waals surface area contributed by atoms with Crippen molar-refractivity contribution in [2.45, 2.75) is 45.1 Å². The van der Waals surface area contributed by atoms with Gasteiger partial charge in [0.15, 0.2) is 5.65 Å². The van der Waals surface area contributed by atoms with E-state index in [2.05, 4.69) is 29.6 Å². The van der Waals surface area contributed by atoms with Crippen LogP contribution in [0.25, 0.3) is 11.0 Å². The molecule has 168 valence electrons. The van der Waals surface area contributed by atoms with Crippen molar-refractivity contribution < 1.29 is 9.59 Å². The van der Waals surface area contributed by atoms with Crippen LogP contribution in [0.2, 0.25) is 0 Å². The molecule has 0 saturated heterocycles. The van der Waals surface area contributed by atoms with Crippen molar-refractivity contribution in [1.82, 2.24) is 19.7 Å². The van der Waals surface area contributed by atoms with Gasteiger partial charge in [-0.3, -0.25) is 9.59 Å². The Morgan fingerprint density at radius 1 is 1.12 bits per heavy atom. The van der Waals surface area contributed by atoms with Gasteiger partial charge in [-0.15, -0.1) is 0 Å². The van der Waals surface area contributed by atoms with Gasteiger partial charge < -0.3 is 15.5 Å². The van der Waals surface area contributed by atoms with Crippen molar-refractivity contribution in [2.24, 2.45) is 0 Å². The number of anilines is 2. The number of pyridine rings is 1. The zero-order valence-electron chi connectivity index (χ0n) is 19.1. The zero-order valence-corrected chi connectivity index (χ0v) is 19.1. The highest BCUT2D eigenvalue weighted by molar-refractivity contribution is 6.12. The van der Waals surface area contributed by atoms with Crippen LogP contribution in [0.1, 0.15) is 61.1 Å². The number of fused-ring (bicyclic) bond motifs is 1. The van der Waals surface area contributed by atoms with Gasteiger partial charge in [0.25, 0.3) is 5.91 Å². The van der Waals surface area contributed by atoms with Crippen LogP contribution in [0, 0.1) is 0 Å². The van der Waals surface area contributed by atoms with Gasteiger partial charge in [-0.05, 0) is 71.1 Å². The minimum Gasteiger partial charge on any atom is -0.326 e. The maximum Gasteiger partial charge on any atom is 0.256 e. The average molecular weight is 435 g/mol. The summed E-state index contributed by atoms with van der Waals surface area (Å²) in [6, 6.07) is 9.22. The highest BCUT2D eigenvalue weighted by Gasteiger charge is 2.28. The number of carbonyl (C=O) groups excluding carboxylic acids is 2. The molecule has 1 fully saturated rings. The van der Waals surface area contributed by atoms with Crippen LogP contribution in [0.15, 0.2) is 36.5 Å². The fraction of sp³-hybridized carbons (Fsp3) is 0.417. The van der Waals surface area contributed by atoms with Crippen LogP contribution in [0.5, 0.6) is 0 Å². The molecule has 4 rings (SSSR count). The second-order valence-electron chi connectivity index (χ2n) is 8.92. The SMILES string of the molecule is CC(C)n1ncc2c(C(=O)Nc3ccc(NC(=O)CCN(C)C)cc3)cc(C3CC3)nc21. The van der Waals surface area contributed by atoms with Crippen molar-refractivity contribution in [2.75, 3.05) is 31.3 Å². The Kier molecular flexibility index (Phi) is 6.23. The van der Waals surface area contributed by atoms with Crippen LogP contribution >= 0.6 is 0 Å². The number of hydrogen-bond acceptors (Lipinski definition) is 5. The van der Waals surface area contributed by atoms with Gasteiger partial charge in [0.05, 0.1) is 17.1 Å². The van der Waals surface area contributed by atoms with Crippen LogP contribution in [-0.4, -0.2) is 52.1 Å². The Morgan fingerprint density at radius 3 is 2.38 bits per heavy atom. The lowest BCUT2D eigenvalue weighted by Gasteiger charge is -2.12. The Labute approximate surface area is 188 Å². The monoisotopic (exact) mass is 434 g/mol. The molecule has 1 aliphatic rings. The van der Waals surface area contributed by atoms with Crippen molar-refractivity contribution in [3.05, 3.63) is 47.8 Å². The minimum atomic E-state index is -0.189. The largest absolute Gasteiger partial charge is 0.326 e. The van der Waals surface area contributed by atoms with Crippen molar-refractivity contribution in [3.8, 4) is 0 Å². The molecule has 1 saturated carbocycles. The smallest absolute Gasteiger partial charge is 0.256 e. The van der Waals surface area contributed by atoms with E-state index in [-0.39, 0.29) is 17.9 Å². The Morgan fingerprint density at radius 2 is 1.78 bits per heavy atom. The molecule has 0 radical (unpaired) electrons. The second-order valence-corrected chi connectivity index (χ2v) is 8.92. The molecule has 1 aromatic carbocycles. The summed E-state index contributed by atoms with van der Waals surface area (Å²) in [6.07, 6.45) is 4.37. The maximum absolute atomic E-state index is 13.2. The third-order valence-corrected chi connectivity index (χ3v) is 5.53. The molecule has 2 heterocycles. The summed E-state index contributed by atoms with van der Waals surface area (Å²) in [7, 11) is 3.87. The molecular weight excluding hydrogens is 404 g/mol. The second kappa shape index (κ2) is 9.08. The first-order valence-electron chi connectivity index (χ1n) is 11.1. The average Bonchev–Trinajstić information content (AvgIpc) is 3.51. The first-order valence-corrected chi connectivity index (χ1v) is 11.1. The summed E-state index contributed by atoms with van der Waals surface area (Å²) < 4.78 is 1.87. The van der Waals surface area contributed by atoms with Gasteiger partial charge in [-0.2, -0.15) is 5.10 Å². The maximum atomic E-state index is 13.2. The third-order valence-electron chi connectivity index (χ3n) is 5.53. The third kappa shape index (κ3) is 4.96. The van der Waals surface area contributed by atoms with Crippen molar-refractivity contribution >= 4 is 34.2 Å². The summed E-state index contributed by atoms with van der Waals surface area (Å²) in [5, 5.41) is 11.1. The van der Waals surface area contributed by atoms with Gasteiger partial charge in [0.1, 0.15) is 0 Å². The van der Waals surface area contributed by atoms with Crippen molar-refractivity contribution in [1.29, 1.82) is 0 Å². The predicted octanol–water partition coefficient (Wildman–Crippen LogP) is 4.03. The topological polar surface area (TPSA) is 92.2 Å². The first-order chi connectivity index (χ1) is 15.3. The Hall–Kier alpha value is -3.26. The van der Waals surface area contributed by atoms with E-state index >= 15 is 0 Å². The van der Waals surface area contributed by atoms with Crippen LogP contribution in [-0.2, 0) is 4.79 Å². The standard InChI is InChI=1S/C24H30N6O2/c1-15(2)30-23-20(14-25-30)19(13-21(28-23)16-5-6-16)24(32)27-18-9-7-17(8-10-18)26-22(31)11-12-29(3)4/h7-10,13-16H,5-6,11-12H2,1-4H3,(H,26,31)(H,27,32). The predicted molar refractivity (Wildman–Crippen MR) is 126 cm³/mol. The van der Waals surface area contributed by atoms with E-state index in [0.717, 1.165) is 29.6 Å². The molecule has 0 atom stereocenters. The van der Waals surface area contributed by atoms with E-state index in [9.17, 15) is 9.59 Å². The van der Waals surface area contributed by atoms with Gasteiger partial charge in [-0.25, -0.2) is 9.67 Å². The fourth-order valence-electron chi connectivity index (χ4n) is 3.58. The molecule has 2 N–H and O–H groups in total. The molecule has 0 spiro atoms. The molecule has 8 heteroatoms. The summed E-state index contributed by atoms with van der Waals surface area (Å²) in [5.74, 6) is 0.201. The minimum absolute atomic E-state index is 0.0376. The number of nitrogens with one attached hydrogen (secondary N) is 2. The number of carbonyl (C=O) groups is 2. The van der Waals surface area contributed by atoms with E-state index in [0.29, 0.717) is 35.8 Å². The number of nitrogens with zero attached hydrogens (tertiary/aromatic N) is 4. The lowest BCUT2D eigenvalue weighted by atomic mass is 10.1. The van der Waals surface area contributed by atoms with E-state index in [1.165, 1.54) is 0 Å². The summed E-state index contributed by atoms with van der Waals surface area (Å²) in [4.78, 5) is 32.0. The van der Waals surface area contributed by atoms with Crippen molar-refractivity contribution in [3.63, 3.8) is 0 Å². The molecule has 1 aliphatic carbocycles. The highest BCUT2D eigenvalue weighted by Crippen LogP contribution is 2.40. The van der Waals surface area contributed by atoms with Gasteiger partial charge in [-0.1, -0.05) is 0 Å².